The molecule has 1 N–H and O–H groups in total. The van der Waals surface area contributed by atoms with E-state index in [-0.39, 0.29) is 6.04 Å². The fourth-order valence-electron chi connectivity index (χ4n) is 2.17. The van der Waals surface area contributed by atoms with Crippen LogP contribution in [0.25, 0.3) is 0 Å². The van der Waals surface area contributed by atoms with Crippen molar-refractivity contribution in [3.05, 3.63) is 65.5 Å². The molecule has 1 atom stereocenters. The molecule has 0 saturated heterocycles. The molecule has 0 amide bonds. The summed E-state index contributed by atoms with van der Waals surface area (Å²) in [6, 6.07) is 15.1. The van der Waals surface area contributed by atoms with Gasteiger partial charge in [0.2, 0.25) is 0 Å². The Morgan fingerprint density at radius 1 is 1.05 bits per heavy atom. The highest BCUT2D eigenvalue weighted by Crippen LogP contribution is 2.20. The van der Waals surface area contributed by atoms with Crippen molar-refractivity contribution in [2.75, 3.05) is 6.54 Å². The third-order valence-electron chi connectivity index (χ3n) is 3.30. The van der Waals surface area contributed by atoms with E-state index >= 15 is 0 Å². The Morgan fingerprint density at radius 2 is 1.84 bits per heavy atom. The van der Waals surface area contributed by atoms with E-state index in [1.807, 2.05) is 18.3 Å². The number of nitrogens with one attached hydrogen (secondary N) is 1. The van der Waals surface area contributed by atoms with Gasteiger partial charge in [0.1, 0.15) is 0 Å². The van der Waals surface area contributed by atoms with Crippen LogP contribution in [0.4, 0.5) is 0 Å². The van der Waals surface area contributed by atoms with Crippen LogP contribution in [-0.4, -0.2) is 11.5 Å². The van der Waals surface area contributed by atoms with E-state index in [0.29, 0.717) is 0 Å². The first-order valence-corrected chi connectivity index (χ1v) is 7.08. The quantitative estimate of drug-likeness (QED) is 0.849. The smallest absolute Gasteiger partial charge is 0.0751 e. The van der Waals surface area contributed by atoms with Gasteiger partial charge in [0, 0.05) is 6.20 Å². The summed E-state index contributed by atoms with van der Waals surface area (Å²) in [5, 5.41) is 3.58. The highest BCUT2D eigenvalue weighted by molar-refractivity contribution is 5.30. The van der Waals surface area contributed by atoms with Crippen molar-refractivity contribution in [2.45, 2.75) is 32.7 Å². The summed E-state index contributed by atoms with van der Waals surface area (Å²) >= 11 is 0. The maximum Gasteiger partial charge on any atom is 0.0751 e. The Morgan fingerprint density at radius 3 is 2.42 bits per heavy atom. The molecule has 1 unspecified atom stereocenters. The molecule has 0 saturated carbocycles. The lowest BCUT2D eigenvalue weighted by Gasteiger charge is -2.18. The Kier molecular flexibility index (Phi) is 5.10. The number of rotatable bonds is 6. The normalized spacial score (nSPS) is 12.3. The van der Waals surface area contributed by atoms with Crippen molar-refractivity contribution in [1.29, 1.82) is 0 Å². The van der Waals surface area contributed by atoms with Crippen LogP contribution in [0.1, 0.15) is 43.1 Å². The first kappa shape index (κ1) is 13.8. The van der Waals surface area contributed by atoms with Crippen LogP contribution in [0.2, 0.25) is 0 Å². The molecule has 1 heterocycles. The zero-order valence-corrected chi connectivity index (χ0v) is 11.8. The van der Waals surface area contributed by atoms with Gasteiger partial charge in [-0.3, -0.25) is 4.98 Å². The minimum atomic E-state index is 0.187. The van der Waals surface area contributed by atoms with Crippen LogP contribution in [0.5, 0.6) is 0 Å². The first-order valence-electron chi connectivity index (χ1n) is 7.08. The summed E-state index contributed by atoms with van der Waals surface area (Å²) in [6.07, 6.45) is 4.06. The molecule has 0 aliphatic carbocycles. The second-order valence-corrected chi connectivity index (χ2v) is 4.74. The third kappa shape index (κ3) is 3.65. The summed E-state index contributed by atoms with van der Waals surface area (Å²) < 4.78 is 0. The molecule has 0 bridgehead atoms. The van der Waals surface area contributed by atoms with Gasteiger partial charge in [0.25, 0.3) is 0 Å². The number of aromatic nitrogens is 1. The van der Waals surface area contributed by atoms with E-state index in [0.717, 1.165) is 25.1 Å². The SMILES string of the molecule is CCCNC(c1ccc(CC)cc1)c1ccccn1. The first-order chi connectivity index (χ1) is 9.35. The molecule has 0 spiro atoms. The summed E-state index contributed by atoms with van der Waals surface area (Å²) in [5.41, 5.74) is 3.74. The number of hydrogen-bond acceptors (Lipinski definition) is 2. The molecular weight excluding hydrogens is 232 g/mol. The molecule has 0 aliphatic rings. The largest absolute Gasteiger partial charge is 0.305 e. The minimum absolute atomic E-state index is 0.187. The van der Waals surface area contributed by atoms with Crippen LogP contribution < -0.4 is 5.32 Å². The monoisotopic (exact) mass is 254 g/mol. The predicted octanol–water partition coefficient (Wildman–Crippen LogP) is 3.73. The van der Waals surface area contributed by atoms with Gasteiger partial charge < -0.3 is 5.32 Å². The lowest BCUT2D eigenvalue weighted by molar-refractivity contribution is 0.586. The van der Waals surface area contributed by atoms with Crippen molar-refractivity contribution < 1.29 is 0 Å². The second-order valence-electron chi connectivity index (χ2n) is 4.74. The van der Waals surface area contributed by atoms with Crippen LogP contribution in [0.3, 0.4) is 0 Å². The summed E-state index contributed by atoms with van der Waals surface area (Å²) in [6.45, 7) is 5.36. The number of nitrogens with zero attached hydrogens (tertiary/aromatic N) is 1. The van der Waals surface area contributed by atoms with Crippen molar-refractivity contribution in [2.24, 2.45) is 0 Å². The van der Waals surface area contributed by atoms with Gasteiger partial charge in [-0.1, -0.05) is 44.2 Å². The number of benzene rings is 1. The fourth-order valence-corrected chi connectivity index (χ4v) is 2.17. The molecular formula is C17H22N2. The van der Waals surface area contributed by atoms with Crippen molar-refractivity contribution >= 4 is 0 Å². The van der Waals surface area contributed by atoms with Crippen molar-refractivity contribution in [3.63, 3.8) is 0 Å². The minimum Gasteiger partial charge on any atom is -0.305 e. The summed E-state index contributed by atoms with van der Waals surface area (Å²) in [4.78, 5) is 4.49. The molecule has 19 heavy (non-hydrogen) atoms. The van der Waals surface area contributed by atoms with E-state index in [2.05, 4.69) is 54.5 Å². The summed E-state index contributed by atoms with van der Waals surface area (Å²) in [7, 11) is 0. The predicted molar refractivity (Wildman–Crippen MR) is 80.2 cm³/mol. The van der Waals surface area contributed by atoms with Crippen LogP contribution in [0.15, 0.2) is 48.7 Å². The number of aryl methyl sites for hydroxylation is 1. The molecule has 2 heteroatoms. The van der Waals surface area contributed by atoms with Gasteiger partial charge in [-0.25, -0.2) is 0 Å². The van der Waals surface area contributed by atoms with Crippen molar-refractivity contribution in [3.8, 4) is 0 Å². The Labute approximate surface area is 115 Å². The Balaban J connectivity index is 2.26. The second kappa shape index (κ2) is 7.05. The zero-order valence-electron chi connectivity index (χ0n) is 11.8. The highest BCUT2D eigenvalue weighted by Gasteiger charge is 2.13. The average Bonchev–Trinajstić information content (AvgIpc) is 2.49. The van der Waals surface area contributed by atoms with E-state index < -0.39 is 0 Å². The van der Waals surface area contributed by atoms with Gasteiger partial charge in [-0.2, -0.15) is 0 Å². The van der Waals surface area contributed by atoms with Crippen molar-refractivity contribution in [1.82, 2.24) is 10.3 Å². The molecule has 100 valence electrons. The third-order valence-corrected chi connectivity index (χ3v) is 3.30. The van der Waals surface area contributed by atoms with Gasteiger partial charge in [0.15, 0.2) is 0 Å². The maximum absolute atomic E-state index is 4.49. The molecule has 1 aromatic heterocycles. The topological polar surface area (TPSA) is 24.9 Å². The van der Waals surface area contributed by atoms with E-state index in [1.54, 1.807) is 0 Å². The molecule has 2 aromatic rings. The van der Waals surface area contributed by atoms with E-state index in [1.165, 1.54) is 11.1 Å². The van der Waals surface area contributed by atoms with Gasteiger partial charge in [-0.15, -0.1) is 0 Å². The van der Waals surface area contributed by atoms with Gasteiger partial charge >= 0.3 is 0 Å². The van der Waals surface area contributed by atoms with E-state index in [9.17, 15) is 0 Å². The Bertz CT molecular complexity index is 476. The lowest BCUT2D eigenvalue weighted by atomic mass is 10.0. The molecule has 0 radical (unpaired) electrons. The zero-order chi connectivity index (χ0) is 13.5. The lowest BCUT2D eigenvalue weighted by Crippen LogP contribution is -2.24. The van der Waals surface area contributed by atoms with Gasteiger partial charge in [-0.05, 0) is 42.6 Å². The highest BCUT2D eigenvalue weighted by atomic mass is 14.9. The van der Waals surface area contributed by atoms with E-state index in [4.69, 9.17) is 0 Å². The molecule has 0 aliphatic heterocycles. The van der Waals surface area contributed by atoms with Gasteiger partial charge in [0.05, 0.1) is 11.7 Å². The number of hydrogen-bond donors (Lipinski definition) is 1. The average molecular weight is 254 g/mol. The van der Waals surface area contributed by atoms with Crippen LogP contribution in [-0.2, 0) is 6.42 Å². The molecule has 1 aromatic carbocycles. The molecule has 2 rings (SSSR count). The molecule has 0 fully saturated rings. The fraction of sp³-hybridized carbons (Fsp3) is 0.353. The molecule has 2 nitrogen and oxygen atoms in total. The van der Waals surface area contributed by atoms with Crippen LogP contribution >= 0.6 is 0 Å². The Hall–Kier alpha value is -1.67. The van der Waals surface area contributed by atoms with Crippen LogP contribution in [0, 0.1) is 0 Å². The standard InChI is InChI=1S/C17H22N2/c1-3-12-19-17(16-7-5-6-13-18-16)15-10-8-14(4-2)9-11-15/h5-11,13,17,19H,3-4,12H2,1-2H3. The summed E-state index contributed by atoms with van der Waals surface area (Å²) in [5.74, 6) is 0. The number of pyridine rings is 1. The maximum atomic E-state index is 4.49.